The Bertz CT molecular complexity index is 379. The number of carbonyl (C=O) groups excluding carboxylic acids is 1. The number of urea groups is 1. The molecule has 2 amide bonds. The van der Waals surface area contributed by atoms with Crippen LogP contribution in [0.1, 0.15) is 32.4 Å². The van der Waals surface area contributed by atoms with E-state index in [4.69, 9.17) is 16.4 Å². The molecule has 0 aliphatic rings. The van der Waals surface area contributed by atoms with Crippen LogP contribution in [-0.4, -0.2) is 22.5 Å². The van der Waals surface area contributed by atoms with Gasteiger partial charge in [-0.3, -0.25) is 9.82 Å². The van der Waals surface area contributed by atoms with Crippen LogP contribution < -0.4 is 10.8 Å². The molecule has 1 atom stereocenters. The number of carbonyl (C=O) groups is 1. The number of nitrogens with zero attached hydrogens (tertiary/aromatic N) is 1. The number of hydroxylamine groups is 1. The van der Waals surface area contributed by atoms with Gasteiger partial charge in [0.25, 0.3) is 0 Å². The first kappa shape index (κ1) is 14.7. The molecule has 1 rings (SSSR count). The van der Waals surface area contributed by atoms with E-state index in [0.717, 1.165) is 5.56 Å². The molecular weight excluding hydrogens is 254 g/mol. The zero-order valence-corrected chi connectivity index (χ0v) is 11.5. The van der Waals surface area contributed by atoms with Gasteiger partial charge in [-0.1, -0.05) is 6.07 Å². The zero-order valence-electron chi connectivity index (χ0n) is 10.7. The van der Waals surface area contributed by atoms with Crippen LogP contribution in [0.15, 0.2) is 24.5 Å². The van der Waals surface area contributed by atoms with Gasteiger partial charge in [-0.15, -0.1) is 11.6 Å². The molecule has 1 unspecified atom stereocenters. The fourth-order valence-corrected chi connectivity index (χ4v) is 1.44. The van der Waals surface area contributed by atoms with E-state index in [0.29, 0.717) is 0 Å². The minimum atomic E-state index is -0.442. The summed E-state index contributed by atoms with van der Waals surface area (Å²) in [5, 5.41) is 2.71. The van der Waals surface area contributed by atoms with E-state index in [1.54, 1.807) is 18.5 Å². The highest BCUT2D eigenvalue weighted by molar-refractivity contribution is 6.18. The van der Waals surface area contributed by atoms with Crippen molar-refractivity contribution >= 4 is 17.6 Å². The van der Waals surface area contributed by atoms with Crippen molar-refractivity contribution in [2.75, 3.05) is 5.88 Å². The summed E-state index contributed by atoms with van der Waals surface area (Å²) in [6.07, 6.45) is 3.33. The second-order valence-electron chi connectivity index (χ2n) is 4.78. The van der Waals surface area contributed by atoms with Crippen LogP contribution >= 0.6 is 11.6 Å². The van der Waals surface area contributed by atoms with Gasteiger partial charge >= 0.3 is 6.03 Å². The van der Waals surface area contributed by atoms with Crippen molar-refractivity contribution in [3.05, 3.63) is 30.1 Å². The van der Waals surface area contributed by atoms with Crippen LogP contribution in [0.25, 0.3) is 0 Å². The van der Waals surface area contributed by atoms with Gasteiger partial charge in [0.2, 0.25) is 0 Å². The summed E-state index contributed by atoms with van der Waals surface area (Å²) < 4.78 is 0. The van der Waals surface area contributed by atoms with E-state index in [1.807, 2.05) is 26.8 Å². The molecule has 0 bridgehead atoms. The van der Waals surface area contributed by atoms with E-state index in [2.05, 4.69) is 15.8 Å². The minimum Gasteiger partial charge on any atom is -0.328 e. The highest BCUT2D eigenvalue weighted by atomic mass is 35.5. The lowest BCUT2D eigenvalue weighted by Crippen LogP contribution is -2.42. The van der Waals surface area contributed by atoms with E-state index in [1.165, 1.54) is 0 Å². The SMILES string of the molecule is CC(C)(C)ONC(=O)NC(CCl)c1cccnc1. The zero-order chi connectivity index (χ0) is 13.6. The predicted molar refractivity (Wildman–Crippen MR) is 70.2 cm³/mol. The van der Waals surface area contributed by atoms with Crippen molar-refractivity contribution < 1.29 is 9.63 Å². The van der Waals surface area contributed by atoms with Gasteiger partial charge in [0.05, 0.1) is 11.6 Å². The number of halogens is 1. The third kappa shape index (κ3) is 5.33. The first-order chi connectivity index (χ1) is 8.42. The molecule has 1 aromatic heterocycles. The summed E-state index contributed by atoms with van der Waals surface area (Å²) in [5.74, 6) is 0.259. The molecule has 0 saturated carbocycles. The van der Waals surface area contributed by atoms with Crippen molar-refractivity contribution in [1.82, 2.24) is 15.8 Å². The normalized spacial score (nSPS) is 12.9. The van der Waals surface area contributed by atoms with Crippen LogP contribution in [0.5, 0.6) is 0 Å². The number of alkyl halides is 1. The molecule has 6 heteroatoms. The van der Waals surface area contributed by atoms with Crippen LogP contribution in [0.2, 0.25) is 0 Å². The third-order valence-electron chi connectivity index (χ3n) is 2.00. The molecule has 2 N–H and O–H groups in total. The topological polar surface area (TPSA) is 63.2 Å². The highest BCUT2D eigenvalue weighted by Gasteiger charge is 2.16. The second-order valence-corrected chi connectivity index (χ2v) is 5.09. The summed E-state index contributed by atoms with van der Waals surface area (Å²) in [5.41, 5.74) is 2.73. The van der Waals surface area contributed by atoms with Gasteiger partial charge in [-0.05, 0) is 32.4 Å². The molecule has 0 aromatic carbocycles. The number of rotatable bonds is 4. The number of hydrogen-bond donors (Lipinski definition) is 2. The van der Waals surface area contributed by atoms with E-state index < -0.39 is 11.6 Å². The molecule has 1 heterocycles. The smallest absolute Gasteiger partial charge is 0.328 e. The van der Waals surface area contributed by atoms with Gasteiger partial charge in [0.1, 0.15) is 0 Å². The molecule has 100 valence electrons. The first-order valence-corrected chi connectivity index (χ1v) is 6.16. The maximum Gasteiger partial charge on any atom is 0.339 e. The first-order valence-electron chi connectivity index (χ1n) is 5.63. The molecule has 5 nitrogen and oxygen atoms in total. The van der Waals surface area contributed by atoms with Gasteiger partial charge in [0, 0.05) is 18.3 Å². The Labute approximate surface area is 112 Å². The van der Waals surface area contributed by atoms with E-state index >= 15 is 0 Å². The number of nitrogens with one attached hydrogen (secondary N) is 2. The maximum absolute atomic E-state index is 11.6. The number of aromatic nitrogens is 1. The summed E-state index contributed by atoms with van der Waals surface area (Å²) in [4.78, 5) is 20.7. The lowest BCUT2D eigenvalue weighted by Gasteiger charge is -2.21. The van der Waals surface area contributed by atoms with Crippen molar-refractivity contribution in [3.8, 4) is 0 Å². The van der Waals surface area contributed by atoms with Gasteiger partial charge in [0.15, 0.2) is 0 Å². The van der Waals surface area contributed by atoms with Crippen molar-refractivity contribution in [3.63, 3.8) is 0 Å². The van der Waals surface area contributed by atoms with Crippen molar-refractivity contribution in [1.29, 1.82) is 0 Å². The monoisotopic (exact) mass is 271 g/mol. The lowest BCUT2D eigenvalue weighted by molar-refractivity contribution is -0.0531. The molecular formula is C12H18ClN3O2. The molecule has 0 spiro atoms. The standard InChI is InChI=1S/C12H18ClN3O2/c1-12(2,3)18-16-11(17)15-10(7-13)9-5-4-6-14-8-9/h4-6,8,10H,7H2,1-3H3,(H2,15,16,17). The number of amides is 2. The Kier molecular flexibility index (Phi) is 5.37. The van der Waals surface area contributed by atoms with Gasteiger partial charge in [-0.2, -0.15) is 0 Å². The van der Waals surface area contributed by atoms with E-state index in [9.17, 15) is 4.79 Å². The van der Waals surface area contributed by atoms with Crippen LogP contribution in [0.4, 0.5) is 4.79 Å². The highest BCUT2D eigenvalue weighted by Crippen LogP contribution is 2.12. The Morgan fingerprint density at radius 3 is 2.78 bits per heavy atom. The molecule has 0 aliphatic heterocycles. The number of hydrogen-bond acceptors (Lipinski definition) is 3. The Hall–Kier alpha value is -1.33. The third-order valence-corrected chi connectivity index (χ3v) is 2.30. The van der Waals surface area contributed by atoms with Crippen molar-refractivity contribution in [2.45, 2.75) is 32.4 Å². The van der Waals surface area contributed by atoms with Crippen molar-refractivity contribution in [2.24, 2.45) is 0 Å². The second kappa shape index (κ2) is 6.56. The number of pyridine rings is 1. The quantitative estimate of drug-likeness (QED) is 0.653. The minimum absolute atomic E-state index is 0.259. The average Bonchev–Trinajstić information content (AvgIpc) is 2.33. The molecule has 0 aliphatic carbocycles. The molecule has 0 fully saturated rings. The summed E-state index contributed by atoms with van der Waals surface area (Å²) in [6, 6.07) is 2.91. The fourth-order valence-electron chi connectivity index (χ4n) is 1.18. The largest absolute Gasteiger partial charge is 0.339 e. The Balaban J connectivity index is 2.51. The summed E-state index contributed by atoms with van der Waals surface area (Å²) >= 11 is 5.83. The molecule has 0 saturated heterocycles. The predicted octanol–water partition coefficient (Wildman–Crippen LogP) is 2.39. The van der Waals surface area contributed by atoms with Crippen LogP contribution in [-0.2, 0) is 4.84 Å². The average molecular weight is 272 g/mol. The maximum atomic E-state index is 11.6. The Morgan fingerprint density at radius 1 is 1.56 bits per heavy atom. The van der Waals surface area contributed by atoms with E-state index in [-0.39, 0.29) is 11.9 Å². The summed E-state index contributed by atoms with van der Waals surface area (Å²) in [6.45, 7) is 5.52. The van der Waals surface area contributed by atoms with Crippen LogP contribution in [0.3, 0.4) is 0 Å². The van der Waals surface area contributed by atoms with Gasteiger partial charge in [-0.25, -0.2) is 10.3 Å². The molecule has 0 radical (unpaired) electrons. The van der Waals surface area contributed by atoms with Crippen LogP contribution in [0, 0.1) is 0 Å². The molecule has 1 aromatic rings. The fraction of sp³-hybridized carbons (Fsp3) is 0.500. The van der Waals surface area contributed by atoms with Gasteiger partial charge < -0.3 is 5.32 Å². The summed E-state index contributed by atoms with van der Waals surface area (Å²) in [7, 11) is 0. The Morgan fingerprint density at radius 2 is 2.28 bits per heavy atom. The lowest BCUT2D eigenvalue weighted by atomic mass is 10.1. The molecule has 18 heavy (non-hydrogen) atoms.